The number of ether oxygens (including phenoxy) is 2. The molecule has 0 aliphatic heterocycles. The van der Waals surface area contributed by atoms with Crippen LogP contribution < -0.4 is 31.2 Å². The molecule has 214 valence electrons. The number of primary amides is 1. The average molecular weight is 585 g/mol. The van der Waals surface area contributed by atoms with Crippen molar-refractivity contribution in [3.63, 3.8) is 0 Å². The maximum Gasteiger partial charge on any atom is 0.273 e. The van der Waals surface area contributed by atoms with Crippen LogP contribution in [0.4, 0.5) is 11.4 Å². The summed E-state index contributed by atoms with van der Waals surface area (Å²) in [5, 5.41) is 3.72. The Labute approximate surface area is 245 Å². The molecule has 5 rings (SSSR count). The van der Waals surface area contributed by atoms with E-state index >= 15 is 0 Å². The van der Waals surface area contributed by atoms with Gasteiger partial charge in [-0.3, -0.25) is 19.3 Å². The van der Waals surface area contributed by atoms with Crippen LogP contribution in [0.3, 0.4) is 0 Å². The number of H-pyrrole nitrogens is 1. The number of methoxy groups -OCH3 is 2. The fraction of sp³-hybridized carbons (Fsp3) is 0.133. The summed E-state index contributed by atoms with van der Waals surface area (Å²) in [5.41, 5.74) is 13.8. The number of nitrogens with zero attached hydrogens (tertiary/aromatic N) is 2. The Kier molecular flexibility index (Phi) is 8.07. The van der Waals surface area contributed by atoms with E-state index in [1.54, 1.807) is 49.7 Å². The Morgan fingerprint density at radius 3 is 2.43 bits per heavy atom. The second-order valence-corrected chi connectivity index (χ2v) is 10.0. The van der Waals surface area contributed by atoms with Crippen molar-refractivity contribution in [3.05, 3.63) is 101 Å². The van der Waals surface area contributed by atoms with Gasteiger partial charge in [-0.05, 0) is 47.4 Å². The van der Waals surface area contributed by atoms with E-state index in [2.05, 4.69) is 14.7 Å². The maximum absolute atomic E-state index is 14.3. The lowest BCUT2D eigenvalue weighted by molar-refractivity contribution is -0.122. The van der Waals surface area contributed by atoms with Gasteiger partial charge in [-0.1, -0.05) is 36.4 Å². The van der Waals surface area contributed by atoms with Crippen molar-refractivity contribution >= 4 is 51.5 Å². The smallest absolute Gasteiger partial charge is 0.273 e. The highest BCUT2D eigenvalue weighted by Gasteiger charge is 2.37. The van der Waals surface area contributed by atoms with Gasteiger partial charge in [-0.15, -0.1) is 0 Å². The molecule has 0 saturated heterocycles. The zero-order valence-electron chi connectivity index (χ0n) is 22.8. The van der Waals surface area contributed by atoms with Gasteiger partial charge in [-0.2, -0.15) is 4.37 Å². The van der Waals surface area contributed by atoms with Crippen LogP contribution in [-0.2, 0) is 11.3 Å². The normalized spacial score (nSPS) is 11.6. The van der Waals surface area contributed by atoms with Gasteiger partial charge in [-0.25, -0.2) is 0 Å². The topological polar surface area (TPSA) is 166 Å². The van der Waals surface area contributed by atoms with E-state index in [-0.39, 0.29) is 22.8 Å². The molecule has 0 bridgehead atoms. The zero-order chi connectivity index (χ0) is 29.8. The van der Waals surface area contributed by atoms with Crippen molar-refractivity contribution in [1.29, 1.82) is 0 Å². The summed E-state index contributed by atoms with van der Waals surface area (Å²) < 4.78 is 14.7. The van der Waals surface area contributed by atoms with Crippen molar-refractivity contribution in [2.24, 2.45) is 5.73 Å². The lowest BCUT2D eigenvalue weighted by atomic mass is 10.0. The fourth-order valence-electron chi connectivity index (χ4n) is 4.63. The minimum absolute atomic E-state index is 0.0283. The molecular weight excluding hydrogens is 556 g/mol. The molecule has 5 aromatic rings. The highest BCUT2D eigenvalue weighted by molar-refractivity contribution is 7.09. The number of aromatic nitrogens is 2. The summed E-state index contributed by atoms with van der Waals surface area (Å²) in [6.07, 6.45) is 1.70. The number of hydrogen-bond acceptors (Lipinski definition) is 8. The van der Waals surface area contributed by atoms with Gasteiger partial charge in [0.2, 0.25) is 5.91 Å². The van der Waals surface area contributed by atoms with E-state index in [0.29, 0.717) is 22.7 Å². The Balaban J connectivity index is 1.64. The molecule has 0 saturated carbocycles. The van der Waals surface area contributed by atoms with Crippen LogP contribution in [0.2, 0.25) is 0 Å². The van der Waals surface area contributed by atoms with Crippen molar-refractivity contribution < 1.29 is 23.9 Å². The maximum atomic E-state index is 14.3. The van der Waals surface area contributed by atoms with Gasteiger partial charge in [0.05, 0.1) is 19.9 Å². The molecule has 42 heavy (non-hydrogen) atoms. The predicted octanol–water partition coefficient (Wildman–Crippen LogP) is 4.03. The van der Waals surface area contributed by atoms with Crippen LogP contribution in [0.5, 0.6) is 11.5 Å². The van der Waals surface area contributed by atoms with Gasteiger partial charge in [0.25, 0.3) is 11.8 Å². The third-order valence-corrected chi connectivity index (χ3v) is 7.61. The summed E-state index contributed by atoms with van der Waals surface area (Å²) in [6, 6.07) is 20.3. The van der Waals surface area contributed by atoms with E-state index in [0.717, 1.165) is 28.0 Å². The number of rotatable bonds is 10. The molecule has 0 aliphatic rings. The number of nitrogens with one attached hydrogen (secondary N) is 2. The van der Waals surface area contributed by atoms with Crippen molar-refractivity contribution in [2.75, 3.05) is 24.9 Å². The molecule has 1 atom stereocenters. The van der Waals surface area contributed by atoms with E-state index in [1.807, 2.05) is 36.4 Å². The molecule has 2 aromatic heterocycles. The number of fused-ring (bicyclic) bond motifs is 1. The highest BCUT2D eigenvalue weighted by Crippen LogP contribution is 2.37. The minimum Gasteiger partial charge on any atom is -0.497 e. The number of nitrogens with two attached hydrogens (primary N) is 2. The number of hydrogen-bond donors (Lipinski definition) is 4. The van der Waals surface area contributed by atoms with Gasteiger partial charge >= 0.3 is 0 Å². The van der Waals surface area contributed by atoms with Crippen molar-refractivity contribution in [2.45, 2.75) is 12.6 Å². The zero-order valence-corrected chi connectivity index (χ0v) is 23.6. The fourth-order valence-corrected chi connectivity index (χ4v) is 5.37. The molecule has 6 N–H and O–H groups in total. The summed E-state index contributed by atoms with van der Waals surface area (Å²) in [7, 11) is 3.08. The van der Waals surface area contributed by atoms with Crippen LogP contribution in [0, 0.1) is 0 Å². The number of amides is 3. The van der Waals surface area contributed by atoms with Crippen molar-refractivity contribution in [1.82, 2.24) is 14.7 Å². The largest absolute Gasteiger partial charge is 0.497 e. The van der Waals surface area contributed by atoms with E-state index in [1.165, 1.54) is 12.0 Å². The second-order valence-electron chi connectivity index (χ2n) is 9.27. The van der Waals surface area contributed by atoms with E-state index in [4.69, 9.17) is 20.9 Å². The van der Waals surface area contributed by atoms with Crippen LogP contribution in [-0.4, -0.2) is 41.3 Å². The summed E-state index contributed by atoms with van der Waals surface area (Å²) >= 11 is 0.740. The first-order chi connectivity index (χ1) is 20.3. The minimum atomic E-state index is -1.17. The first-order valence-electron chi connectivity index (χ1n) is 12.8. The SMILES string of the molecule is COc1ccc(CNC(=O)[C@@H](c2c[nH]c3ccccc23)N(C(=O)c2snc(C(N)=O)c2N)c2cccc(OC)c2)cc1. The quantitative estimate of drug-likeness (QED) is 0.192. The highest BCUT2D eigenvalue weighted by atomic mass is 32.1. The number of benzene rings is 3. The van der Waals surface area contributed by atoms with E-state index < -0.39 is 23.8 Å². The number of nitrogen functional groups attached to an aromatic ring is 1. The average Bonchev–Trinajstić information content (AvgIpc) is 3.62. The first kappa shape index (κ1) is 28.2. The van der Waals surface area contributed by atoms with Gasteiger partial charge in [0.1, 0.15) is 22.4 Å². The Morgan fingerprint density at radius 1 is 1.00 bits per heavy atom. The van der Waals surface area contributed by atoms with Gasteiger partial charge in [0, 0.05) is 41.0 Å². The number of anilines is 2. The van der Waals surface area contributed by atoms with Crippen LogP contribution in [0.1, 0.15) is 37.3 Å². The summed E-state index contributed by atoms with van der Waals surface area (Å²) in [6.45, 7) is 0.191. The molecular formula is C30H28N6O5S. The number of aromatic amines is 1. The van der Waals surface area contributed by atoms with Crippen molar-refractivity contribution in [3.8, 4) is 11.5 Å². The molecule has 0 spiro atoms. The van der Waals surface area contributed by atoms with E-state index in [9.17, 15) is 14.4 Å². The molecule has 2 heterocycles. The Bertz CT molecular complexity index is 1760. The van der Waals surface area contributed by atoms with Gasteiger partial charge in [0.15, 0.2) is 5.69 Å². The van der Waals surface area contributed by atoms with Crippen LogP contribution in [0.25, 0.3) is 10.9 Å². The number of para-hydroxylation sites is 1. The lowest BCUT2D eigenvalue weighted by Crippen LogP contribution is -2.44. The standard InChI is InChI=1S/C30H28N6O5S/c1-40-19-12-10-17(11-13-19)15-34-29(38)26(22-16-33-23-9-4-3-8-21(22)23)36(18-6-5-7-20(14-18)41-2)30(39)27-24(31)25(28(32)37)35-42-27/h3-14,16,26,33H,15,31H2,1-2H3,(H2,32,37)(H,34,38)/t26-/m1/s1. The Hall–Kier alpha value is -5.36. The molecule has 0 unspecified atom stereocenters. The molecule has 0 radical (unpaired) electrons. The summed E-state index contributed by atoms with van der Waals surface area (Å²) in [5.74, 6) is -0.794. The molecule has 3 amide bonds. The number of carbonyl (C=O) groups is 3. The Morgan fingerprint density at radius 2 is 1.74 bits per heavy atom. The third-order valence-electron chi connectivity index (χ3n) is 6.75. The van der Waals surface area contributed by atoms with Crippen LogP contribution in [0.15, 0.2) is 79.0 Å². The van der Waals surface area contributed by atoms with Gasteiger partial charge < -0.3 is 31.2 Å². The molecule has 12 heteroatoms. The molecule has 11 nitrogen and oxygen atoms in total. The second kappa shape index (κ2) is 12.0. The summed E-state index contributed by atoms with van der Waals surface area (Å²) in [4.78, 5) is 44.9. The lowest BCUT2D eigenvalue weighted by Gasteiger charge is -2.31. The molecule has 3 aromatic carbocycles. The third kappa shape index (κ3) is 5.47. The molecule has 0 fully saturated rings. The van der Waals surface area contributed by atoms with Crippen LogP contribution >= 0.6 is 11.5 Å². The monoisotopic (exact) mass is 584 g/mol. The number of carbonyl (C=O) groups excluding carboxylic acids is 3. The predicted molar refractivity (Wildman–Crippen MR) is 161 cm³/mol. The first-order valence-corrected chi connectivity index (χ1v) is 13.6. The molecule has 0 aliphatic carbocycles.